The van der Waals surface area contributed by atoms with Crippen LogP contribution in [0.5, 0.6) is 0 Å². The van der Waals surface area contributed by atoms with Crippen molar-refractivity contribution in [1.29, 1.82) is 0 Å². The second-order valence-corrected chi connectivity index (χ2v) is 5.71. The molecule has 0 aliphatic heterocycles. The third-order valence-corrected chi connectivity index (χ3v) is 4.52. The fraction of sp³-hybridized carbons (Fsp3) is 0.231. The summed E-state index contributed by atoms with van der Waals surface area (Å²) in [5.74, 6) is 5.35. The number of halogens is 2. The highest BCUT2D eigenvalue weighted by molar-refractivity contribution is 9.10. The molecule has 3 N–H and O–H groups in total. The number of nitrogens with one attached hydrogen (secondary N) is 1. The van der Waals surface area contributed by atoms with Crippen LogP contribution in [0, 0.1) is 5.82 Å². The minimum atomic E-state index is -0.308. The van der Waals surface area contributed by atoms with Crippen molar-refractivity contribution in [3.05, 3.63) is 55.9 Å². The molecule has 96 valence electrons. The topological polar surface area (TPSA) is 38.0 Å². The van der Waals surface area contributed by atoms with Crippen molar-refractivity contribution < 1.29 is 4.39 Å². The average Bonchev–Trinajstić information content (AvgIpc) is 2.83. The zero-order chi connectivity index (χ0) is 13.1. The number of nitrogens with two attached hydrogens (primary N) is 1. The van der Waals surface area contributed by atoms with E-state index in [9.17, 15) is 4.39 Å². The first-order chi connectivity index (χ1) is 8.69. The van der Waals surface area contributed by atoms with E-state index in [1.807, 2.05) is 11.4 Å². The summed E-state index contributed by atoms with van der Waals surface area (Å²) in [4.78, 5) is 1.07. The number of rotatable bonds is 4. The van der Waals surface area contributed by atoms with Crippen LogP contribution in [0.3, 0.4) is 0 Å². The van der Waals surface area contributed by atoms with E-state index in [-0.39, 0.29) is 11.9 Å². The Morgan fingerprint density at radius 2 is 2.22 bits per heavy atom. The molecule has 0 fully saturated rings. The second-order valence-electron chi connectivity index (χ2n) is 3.91. The molecule has 1 atom stereocenters. The lowest BCUT2D eigenvalue weighted by molar-refractivity contribution is 0.558. The molecule has 2 rings (SSSR count). The third kappa shape index (κ3) is 2.49. The standard InChI is InChI=1S/C13H14BrFN2S/c1-2-8-6-7-18-13(8)12(17-16)9-4-3-5-10(14)11(9)15/h3-7,12,17H,2,16H2,1H3. The summed E-state index contributed by atoms with van der Waals surface area (Å²) in [6.07, 6.45) is 0.909. The minimum Gasteiger partial charge on any atom is -0.271 e. The Balaban J connectivity index is 2.49. The van der Waals surface area contributed by atoms with Gasteiger partial charge in [-0.3, -0.25) is 5.84 Å². The van der Waals surface area contributed by atoms with Gasteiger partial charge in [0, 0.05) is 10.4 Å². The van der Waals surface area contributed by atoms with Crippen molar-refractivity contribution in [2.24, 2.45) is 5.84 Å². The largest absolute Gasteiger partial charge is 0.271 e. The molecule has 1 aromatic carbocycles. The van der Waals surface area contributed by atoms with Gasteiger partial charge in [0.05, 0.1) is 10.5 Å². The molecule has 18 heavy (non-hydrogen) atoms. The lowest BCUT2D eigenvalue weighted by atomic mass is 10.0. The third-order valence-electron chi connectivity index (χ3n) is 2.88. The van der Waals surface area contributed by atoms with E-state index in [1.165, 1.54) is 5.56 Å². The molecule has 0 saturated heterocycles. The van der Waals surface area contributed by atoms with Gasteiger partial charge in [-0.15, -0.1) is 11.3 Å². The van der Waals surface area contributed by atoms with Crippen LogP contribution in [0.25, 0.3) is 0 Å². The Kier molecular flexibility index (Phi) is 4.50. The summed E-state index contributed by atoms with van der Waals surface area (Å²) in [6.45, 7) is 2.08. The van der Waals surface area contributed by atoms with E-state index in [2.05, 4.69) is 34.3 Å². The predicted octanol–water partition coefficient (Wildman–Crippen LogP) is 3.76. The van der Waals surface area contributed by atoms with Crippen LogP contribution < -0.4 is 11.3 Å². The summed E-state index contributed by atoms with van der Waals surface area (Å²) in [5.41, 5.74) is 4.47. The van der Waals surface area contributed by atoms with Crippen molar-refractivity contribution in [3.8, 4) is 0 Å². The summed E-state index contributed by atoms with van der Waals surface area (Å²) in [5, 5.41) is 2.01. The molecule has 0 aliphatic rings. The zero-order valence-electron chi connectivity index (χ0n) is 9.91. The highest BCUT2D eigenvalue weighted by Crippen LogP contribution is 2.32. The van der Waals surface area contributed by atoms with E-state index >= 15 is 0 Å². The molecule has 0 saturated carbocycles. The Morgan fingerprint density at radius 1 is 1.44 bits per heavy atom. The highest BCUT2D eigenvalue weighted by atomic mass is 79.9. The lowest BCUT2D eigenvalue weighted by Crippen LogP contribution is -2.29. The maximum absolute atomic E-state index is 14.1. The maximum Gasteiger partial charge on any atom is 0.142 e. The fourth-order valence-corrected chi connectivity index (χ4v) is 3.40. The van der Waals surface area contributed by atoms with Crippen molar-refractivity contribution in [2.75, 3.05) is 0 Å². The van der Waals surface area contributed by atoms with Crippen LogP contribution in [0.1, 0.15) is 29.0 Å². The average molecular weight is 329 g/mol. The molecule has 0 spiro atoms. The highest BCUT2D eigenvalue weighted by Gasteiger charge is 2.21. The number of hydrogen-bond donors (Lipinski definition) is 2. The molecule has 0 aliphatic carbocycles. The molecular weight excluding hydrogens is 315 g/mol. The summed E-state index contributed by atoms with van der Waals surface area (Å²) < 4.78 is 14.6. The van der Waals surface area contributed by atoms with E-state index < -0.39 is 0 Å². The summed E-state index contributed by atoms with van der Waals surface area (Å²) in [7, 11) is 0. The van der Waals surface area contributed by atoms with Gasteiger partial charge in [-0.2, -0.15) is 0 Å². The maximum atomic E-state index is 14.1. The van der Waals surface area contributed by atoms with Crippen LogP contribution in [-0.2, 0) is 6.42 Å². The molecule has 1 aromatic heterocycles. The predicted molar refractivity (Wildman–Crippen MR) is 77.0 cm³/mol. The quantitative estimate of drug-likeness (QED) is 0.662. The van der Waals surface area contributed by atoms with Gasteiger partial charge in [-0.1, -0.05) is 19.1 Å². The Hall–Kier alpha value is -0.750. The van der Waals surface area contributed by atoms with Crippen LogP contribution in [0.2, 0.25) is 0 Å². The molecule has 0 radical (unpaired) electrons. The SMILES string of the molecule is CCc1ccsc1C(NN)c1cccc(Br)c1F. The lowest BCUT2D eigenvalue weighted by Gasteiger charge is -2.18. The monoisotopic (exact) mass is 328 g/mol. The van der Waals surface area contributed by atoms with Gasteiger partial charge in [-0.25, -0.2) is 9.82 Å². The van der Waals surface area contributed by atoms with Gasteiger partial charge in [0.2, 0.25) is 0 Å². The molecule has 0 amide bonds. The van der Waals surface area contributed by atoms with Crippen LogP contribution >= 0.6 is 27.3 Å². The van der Waals surface area contributed by atoms with Crippen molar-refractivity contribution in [3.63, 3.8) is 0 Å². The second kappa shape index (κ2) is 5.93. The van der Waals surface area contributed by atoms with E-state index in [1.54, 1.807) is 23.5 Å². The molecule has 1 unspecified atom stereocenters. The molecular formula is C13H14BrFN2S. The normalized spacial score (nSPS) is 12.7. The number of aryl methyl sites for hydroxylation is 1. The van der Waals surface area contributed by atoms with E-state index in [4.69, 9.17) is 5.84 Å². The smallest absolute Gasteiger partial charge is 0.142 e. The van der Waals surface area contributed by atoms with Crippen molar-refractivity contribution in [1.82, 2.24) is 5.43 Å². The van der Waals surface area contributed by atoms with Gasteiger partial charge in [0.15, 0.2) is 0 Å². The van der Waals surface area contributed by atoms with Crippen molar-refractivity contribution >= 4 is 27.3 Å². The first-order valence-corrected chi connectivity index (χ1v) is 7.32. The molecule has 0 bridgehead atoms. The molecule has 2 aromatic rings. The number of hydrogen-bond acceptors (Lipinski definition) is 3. The van der Waals surface area contributed by atoms with Gasteiger partial charge in [0.1, 0.15) is 5.82 Å². The Labute approximate surface area is 118 Å². The number of benzene rings is 1. The Morgan fingerprint density at radius 3 is 2.89 bits per heavy atom. The Bertz CT molecular complexity index is 542. The van der Waals surface area contributed by atoms with Gasteiger partial charge in [-0.05, 0) is 45.4 Å². The number of thiophene rings is 1. The van der Waals surface area contributed by atoms with Gasteiger partial charge >= 0.3 is 0 Å². The van der Waals surface area contributed by atoms with E-state index in [0.29, 0.717) is 10.0 Å². The van der Waals surface area contributed by atoms with E-state index in [0.717, 1.165) is 11.3 Å². The fourth-order valence-electron chi connectivity index (χ4n) is 1.94. The first kappa shape index (κ1) is 13.7. The molecule has 2 nitrogen and oxygen atoms in total. The van der Waals surface area contributed by atoms with Gasteiger partial charge in [0.25, 0.3) is 0 Å². The van der Waals surface area contributed by atoms with Gasteiger partial charge < -0.3 is 0 Å². The number of hydrazine groups is 1. The van der Waals surface area contributed by atoms with Crippen LogP contribution in [-0.4, -0.2) is 0 Å². The van der Waals surface area contributed by atoms with Crippen molar-refractivity contribution in [2.45, 2.75) is 19.4 Å². The molecule has 1 heterocycles. The summed E-state index contributed by atoms with van der Waals surface area (Å²) >= 11 is 4.79. The zero-order valence-corrected chi connectivity index (χ0v) is 12.3. The summed E-state index contributed by atoms with van der Waals surface area (Å²) in [6, 6.07) is 7.00. The minimum absolute atomic E-state index is 0.268. The van der Waals surface area contributed by atoms with Crippen LogP contribution in [0.15, 0.2) is 34.1 Å². The first-order valence-electron chi connectivity index (χ1n) is 5.65. The molecule has 5 heteroatoms. The van der Waals surface area contributed by atoms with Crippen LogP contribution in [0.4, 0.5) is 4.39 Å².